The number of nitrogens with two attached hydrogens (primary N) is 1. The fourth-order valence-corrected chi connectivity index (χ4v) is 1.21. The van der Waals surface area contributed by atoms with Crippen molar-refractivity contribution in [2.24, 2.45) is 5.73 Å². The van der Waals surface area contributed by atoms with Gasteiger partial charge in [0.15, 0.2) is 5.65 Å². The second-order valence-electron chi connectivity index (χ2n) is 3.54. The van der Waals surface area contributed by atoms with E-state index in [1.54, 1.807) is 18.5 Å². The summed E-state index contributed by atoms with van der Waals surface area (Å²) < 4.78 is 26.7. The molecule has 0 saturated heterocycles. The third-order valence-electron chi connectivity index (χ3n) is 2.24. The maximum atomic E-state index is 12.6. The molecule has 0 aliphatic heterocycles. The minimum absolute atomic E-state index is 0.135. The quantitative estimate of drug-likeness (QED) is 0.812. The molecule has 0 aliphatic rings. The van der Waals surface area contributed by atoms with Crippen molar-refractivity contribution in [3.8, 4) is 0 Å². The molecule has 0 aromatic carbocycles. The van der Waals surface area contributed by atoms with E-state index in [-0.39, 0.29) is 5.69 Å². The van der Waals surface area contributed by atoms with Gasteiger partial charge in [0.05, 0.1) is 5.69 Å². The van der Waals surface area contributed by atoms with Crippen molar-refractivity contribution in [2.75, 3.05) is 0 Å². The summed E-state index contributed by atoms with van der Waals surface area (Å²) in [5.74, 6) is 0. The van der Waals surface area contributed by atoms with Gasteiger partial charge in [0.25, 0.3) is 6.43 Å². The topological polar surface area (TPSA) is 56.2 Å². The summed E-state index contributed by atoms with van der Waals surface area (Å²) in [5, 5.41) is 3.95. The average Bonchev–Trinajstić information content (AvgIpc) is 2.61. The minimum atomic E-state index is -2.66. The molecule has 80 valence electrons. The average molecular weight is 212 g/mol. The molecular formula is C9H10F2N4. The second kappa shape index (κ2) is 3.23. The smallest absolute Gasteiger partial charge is 0.261 e. The highest BCUT2D eigenvalue weighted by Gasteiger charge is 2.35. The van der Waals surface area contributed by atoms with Crippen molar-refractivity contribution in [1.29, 1.82) is 0 Å². The van der Waals surface area contributed by atoms with Crippen LogP contribution in [-0.4, -0.2) is 21.0 Å². The van der Waals surface area contributed by atoms with Crippen LogP contribution in [0.2, 0.25) is 0 Å². The molecule has 2 aromatic rings. The van der Waals surface area contributed by atoms with Gasteiger partial charge in [-0.25, -0.2) is 18.3 Å². The summed E-state index contributed by atoms with van der Waals surface area (Å²) in [6.07, 6.45) is 0.534. The van der Waals surface area contributed by atoms with Gasteiger partial charge >= 0.3 is 0 Å². The van der Waals surface area contributed by atoms with Crippen LogP contribution in [0, 0.1) is 0 Å². The standard InChI is InChI=1S/C9H10F2N4/c1-9(12,8(10)11)6-5-7-13-3-2-4-15(7)14-6/h2-5,8H,12H2,1H3. The van der Waals surface area contributed by atoms with Gasteiger partial charge in [-0.3, -0.25) is 0 Å². The maximum absolute atomic E-state index is 12.6. The van der Waals surface area contributed by atoms with E-state index in [2.05, 4.69) is 10.1 Å². The number of fused-ring (bicyclic) bond motifs is 1. The van der Waals surface area contributed by atoms with Crippen LogP contribution < -0.4 is 5.73 Å². The summed E-state index contributed by atoms with van der Waals surface area (Å²) >= 11 is 0. The second-order valence-corrected chi connectivity index (χ2v) is 3.54. The normalized spacial score (nSPS) is 15.8. The monoisotopic (exact) mass is 212 g/mol. The minimum Gasteiger partial charge on any atom is -0.316 e. The number of aromatic nitrogens is 3. The fraction of sp³-hybridized carbons (Fsp3) is 0.333. The molecule has 1 atom stereocenters. The van der Waals surface area contributed by atoms with E-state index in [1.165, 1.54) is 17.5 Å². The summed E-state index contributed by atoms with van der Waals surface area (Å²) in [6.45, 7) is 1.25. The Kier molecular flexibility index (Phi) is 2.15. The number of rotatable bonds is 2. The van der Waals surface area contributed by atoms with Crippen LogP contribution in [0.15, 0.2) is 24.5 Å². The van der Waals surface area contributed by atoms with Crippen LogP contribution in [0.4, 0.5) is 8.78 Å². The zero-order valence-electron chi connectivity index (χ0n) is 8.06. The zero-order chi connectivity index (χ0) is 11.1. The van der Waals surface area contributed by atoms with Crippen LogP contribution in [-0.2, 0) is 5.54 Å². The first-order chi connectivity index (χ1) is 7.01. The van der Waals surface area contributed by atoms with Crippen molar-refractivity contribution in [3.05, 3.63) is 30.2 Å². The SMILES string of the molecule is CC(N)(c1cc2ncccn2n1)C(F)F. The van der Waals surface area contributed by atoms with E-state index < -0.39 is 12.0 Å². The molecule has 0 spiro atoms. The van der Waals surface area contributed by atoms with Gasteiger partial charge in [0, 0.05) is 18.5 Å². The third kappa shape index (κ3) is 1.56. The number of alkyl halides is 2. The van der Waals surface area contributed by atoms with Gasteiger partial charge < -0.3 is 5.73 Å². The van der Waals surface area contributed by atoms with Gasteiger partial charge in [0.1, 0.15) is 5.54 Å². The van der Waals surface area contributed by atoms with Crippen molar-refractivity contribution >= 4 is 5.65 Å². The highest BCUT2D eigenvalue weighted by Crippen LogP contribution is 2.24. The Labute approximate surface area is 84.7 Å². The number of hydrogen-bond acceptors (Lipinski definition) is 3. The predicted molar refractivity (Wildman–Crippen MR) is 50.5 cm³/mol. The molecule has 2 aromatic heterocycles. The van der Waals surface area contributed by atoms with Gasteiger partial charge in [-0.1, -0.05) is 0 Å². The zero-order valence-corrected chi connectivity index (χ0v) is 8.06. The maximum Gasteiger partial charge on any atom is 0.261 e. The third-order valence-corrected chi connectivity index (χ3v) is 2.24. The van der Waals surface area contributed by atoms with Gasteiger partial charge in [-0.15, -0.1) is 0 Å². The molecule has 0 saturated carbocycles. The Morgan fingerprint density at radius 1 is 1.53 bits per heavy atom. The Bertz CT molecular complexity index is 445. The lowest BCUT2D eigenvalue weighted by Gasteiger charge is -2.20. The molecule has 0 radical (unpaired) electrons. The lowest BCUT2D eigenvalue weighted by Crippen LogP contribution is -2.41. The molecule has 15 heavy (non-hydrogen) atoms. The van der Waals surface area contributed by atoms with E-state index in [0.717, 1.165) is 0 Å². The van der Waals surface area contributed by atoms with Gasteiger partial charge in [0.2, 0.25) is 0 Å². The molecule has 0 amide bonds. The first-order valence-electron chi connectivity index (χ1n) is 4.40. The summed E-state index contributed by atoms with van der Waals surface area (Å²) in [5.41, 5.74) is 4.39. The largest absolute Gasteiger partial charge is 0.316 e. The number of halogens is 2. The van der Waals surface area contributed by atoms with Crippen molar-refractivity contribution in [1.82, 2.24) is 14.6 Å². The highest BCUT2D eigenvalue weighted by atomic mass is 19.3. The molecule has 6 heteroatoms. The van der Waals surface area contributed by atoms with E-state index >= 15 is 0 Å². The Morgan fingerprint density at radius 2 is 2.27 bits per heavy atom. The first-order valence-corrected chi connectivity index (χ1v) is 4.40. The lowest BCUT2D eigenvalue weighted by molar-refractivity contribution is 0.0600. The van der Waals surface area contributed by atoms with Crippen LogP contribution in [0.3, 0.4) is 0 Å². The summed E-state index contributed by atoms with van der Waals surface area (Å²) in [4.78, 5) is 3.97. The molecule has 0 aliphatic carbocycles. The summed E-state index contributed by atoms with van der Waals surface area (Å²) in [7, 11) is 0. The van der Waals surface area contributed by atoms with Crippen molar-refractivity contribution in [2.45, 2.75) is 18.9 Å². The van der Waals surface area contributed by atoms with Gasteiger partial charge in [-0.05, 0) is 13.0 Å². The van der Waals surface area contributed by atoms with E-state index in [4.69, 9.17) is 5.73 Å². The molecule has 0 fully saturated rings. The van der Waals surface area contributed by atoms with Crippen LogP contribution in [0.1, 0.15) is 12.6 Å². The predicted octanol–water partition coefficient (Wildman–Crippen LogP) is 1.17. The van der Waals surface area contributed by atoms with Crippen molar-refractivity contribution < 1.29 is 8.78 Å². The summed E-state index contributed by atoms with van der Waals surface area (Å²) in [6, 6.07) is 3.13. The molecule has 2 heterocycles. The molecule has 1 unspecified atom stereocenters. The molecule has 4 nitrogen and oxygen atoms in total. The Hall–Kier alpha value is -1.56. The molecule has 2 rings (SSSR count). The highest BCUT2D eigenvalue weighted by molar-refractivity contribution is 5.40. The number of hydrogen-bond donors (Lipinski definition) is 1. The lowest BCUT2D eigenvalue weighted by atomic mass is 10.0. The van der Waals surface area contributed by atoms with Crippen molar-refractivity contribution in [3.63, 3.8) is 0 Å². The van der Waals surface area contributed by atoms with E-state index in [1.807, 2.05) is 0 Å². The number of nitrogens with zero attached hydrogens (tertiary/aromatic N) is 3. The molecular weight excluding hydrogens is 202 g/mol. The molecule has 2 N–H and O–H groups in total. The first kappa shape index (κ1) is 9.97. The van der Waals surface area contributed by atoms with E-state index in [0.29, 0.717) is 5.65 Å². The Morgan fingerprint density at radius 3 is 2.87 bits per heavy atom. The fourth-order valence-electron chi connectivity index (χ4n) is 1.21. The van der Waals surface area contributed by atoms with Gasteiger partial charge in [-0.2, -0.15) is 5.10 Å². The van der Waals surface area contributed by atoms with E-state index in [9.17, 15) is 8.78 Å². The van der Waals surface area contributed by atoms with Crippen LogP contribution in [0.25, 0.3) is 5.65 Å². The van der Waals surface area contributed by atoms with Crippen LogP contribution >= 0.6 is 0 Å². The Balaban J connectivity index is 2.53. The van der Waals surface area contributed by atoms with Crippen LogP contribution in [0.5, 0.6) is 0 Å². The molecule has 0 bridgehead atoms.